The molecule has 4 aromatic rings. The number of rotatable bonds is 2. The number of para-hydroxylation sites is 1. The van der Waals surface area contributed by atoms with Crippen LogP contribution in [0.15, 0.2) is 59.4 Å². The van der Waals surface area contributed by atoms with E-state index < -0.39 is 0 Å². The zero-order chi connectivity index (χ0) is 16.0. The van der Waals surface area contributed by atoms with Crippen LogP contribution < -0.4 is 5.56 Å². The molecule has 112 valence electrons. The number of hydrogen-bond acceptors (Lipinski definition) is 4. The third-order valence-electron chi connectivity index (χ3n) is 3.84. The minimum Gasteiger partial charge on any atom is -0.288 e. The van der Waals surface area contributed by atoms with Crippen molar-refractivity contribution in [2.45, 2.75) is 6.92 Å². The summed E-state index contributed by atoms with van der Waals surface area (Å²) in [5.74, 6) is -0.0814. The lowest BCUT2D eigenvalue weighted by Gasteiger charge is -2.00. The van der Waals surface area contributed by atoms with Crippen LogP contribution >= 0.6 is 11.3 Å². The van der Waals surface area contributed by atoms with Gasteiger partial charge in [-0.15, -0.1) is 0 Å². The lowest BCUT2D eigenvalue weighted by atomic mass is 10.1. The minimum absolute atomic E-state index is 0.0814. The first kappa shape index (κ1) is 13.8. The molecule has 0 amide bonds. The first-order chi connectivity index (χ1) is 11.2. The third-order valence-corrected chi connectivity index (χ3v) is 4.99. The van der Waals surface area contributed by atoms with Gasteiger partial charge in [0.15, 0.2) is 4.96 Å². The Bertz CT molecular complexity index is 1110. The Balaban J connectivity index is 2.02. The van der Waals surface area contributed by atoms with Crippen molar-refractivity contribution < 1.29 is 4.79 Å². The summed E-state index contributed by atoms with van der Waals surface area (Å²) in [7, 11) is 0. The number of fused-ring (bicyclic) bond motifs is 2. The number of carbonyl (C=O) groups excluding carboxylic acids is 1. The molecule has 0 atom stereocenters. The van der Waals surface area contributed by atoms with Gasteiger partial charge in [0.05, 0.1) is 15.8 Å². The minimum atomic E-state index is -0.133. The van der Waals surface area contributed by atoms with Crippen LogP contribution in [0.2, 0.25) is 0 Å². The number of benzene rings is 2. The molecule has 0 radical (unpaired) electrons. The predicted molar refractivity (Wildman–Crippen MR) is 91.5 cm³/mol. The highest BCUT2D eigenvalue weighted by Gasteiger charge is 2.19. The first-order valence-corrected chi connectivity index (χ1v) is 7.99. The molecular weight excluding hydrogens is 308 g/mol. The highest BCUT2D eigenvalue weighted by molar-refractivity contribution is 7.19. The van der Waals surface area contributed by atoms with E-state index in [1.165, 1.54) is 15.7 Å². The van der Waals surface area contributed by atoms with Crippen molar-refractivity contribution in [1.29, 1.82) is 0 Å². The molecule has 0 unspecified atom stereocenters. The maximum absolute atomic E-state index is 12.7. The van der Waals surface area contributed by atoms with Gasteiger partial charge in [0.2, 0.25) is 5.78 Å². The fourth-order valence-electron chi connectivity index (χ4n) is 2.67. The molecule has 4 nitrogen and oxygen atoms in total. The number of aryl methyl sites for hydroxylation is 1. The summed E-state index contributed by atoms with van der Waals surface area (Å²) < 4.78 is 1.53. The standard InChI is InChI=1S/C18H12N2O2S/c1-11-16(15(21)12-7-3-2-4-8-12)23-18-19-14-10-6-5-9-13(14)17(22)20(11)18/h2-10H,1H3. The van der Waals surface area contributed by atoms with Gasteiger partial charge in [0, 0.05) is 11.3 Å². The number of nitrogens with zero attached hydrogens (tertiary/aromatic N) is 2. The van der Waals surface area contributed by atoms with E-state index >= 15 is 0 Å². The third kappa shape index (κ3) is 2.09. The Morgan fingerprint density at radius 1 is 1.04 bits per heavy atom. The maximum Gasteiger partial charge on any atom is 0.266 e. The van der Waals surface area contributed by atoms with Crippen LogP contribution in [-0.4, -0.2) is 15.2 Å². The molecule has 0 aliphatic rings. The molecule has 0 N–H and O–H groups in total. The molecule has 23 heavy (non-hydrogen) atoms. The van der Waals surface area contributed by atoms with Crippen LogP contribution in [0.3, 0.4) is 0 Å². The van der Waals surface area contributed by atoms with Gasteiger partial charge in [-0.05, 0) is 19.1 Å². The van der Waals surface area contributed by atoms with Gasteiger partial charge in [-0.2, -0.15) is 0 Å². The fraction of sp³-hybridized carbons (Fsp3) is 0.0556. The smallest absolute Gasteiger partial charge is 0.266 e. The molecule has 0 bridgehead atoms. The normalized spacial score (nSPS) is 11.2. The summed E-state index contributed by atoms with van der Waals surface area (Å²) in [6.45, 7) is 1.79. The van der Waals surface area contributed by atoms with Crippen LogP contribution in [-0.2, 0) is 0 Å². The molecule has 4 rings (SSSR count). The Morgan fingerprint density at radius 2 is 1.74 bits per heavy atom. The molecule has 2 aromatic carbocycles. The topological polar surface area (TPSA) is 51.4 Å². The highest BCUT2D eigenvalue weighted by Crippen LogP contribution is 2.24. The lowest BCUT2D eigenvalue weighted by molar-refractivity contribution is 0.104. The van der Waals surface area contributed by atoms with Crippen molar-refractivity contribution in [2.24, 2.45) is 0 Å². The first-order valence-electron chi connectivity index (χ1n) is 7.17. The molecule has 0 fully saturated rings. The van der Waals surface area contributed by atoms with Crippen LogP contribution in [0.5, 0.6) is 0 Å². The van der Waals surface area contributed by atoms with E-state index in [9.17, 15) is 9.59 Å². The van der Waals surface area contributed by atoms with Crippen molar-refractivity contribution >= 4 is 33.0 Å². The van der Waals surface area contributed by atoms with E-state index in [1.54, 1.807) is 25.1 Å². The maximum atomic E-state index is 12.7. The summed E-state index contributed by atoms with van der Waals surface area (Å²) in [4.78, 5) is 31.0. The van der Waals surface area contributed by atoms with Gasteiger partial charge in [-0.1, -0.05) is 53.8 Å². The lowest BCUT2D eigenvalue weighted by Crippen LogP contribution is -2.15. The fourth-order valence-corrected chi connectivity index (χ4v) is 3.76. The largest absolute Gasteiger partial charge is 0.288 e. The summed E-state index contributed by atoms with van der Waals surface area (Å²) >= 11 is 1.26. The molecule has 0 spiro atoms. The molecule has 2 aromatic heterocycles. The van der Waals surface area contributed by atoms with E-state index in [-0.39, 0.29) is 11.3 Å². The number of aromatic nitrogens is 2. The van der Waals surface area contributed by atoms with E-state index in [0.717, 1.165) is 0 Å². The van der Waals surface area contributed by atoms with Gasteiger partial charge >= 0.3 is 0 Å². The van der Waals surface area contributed by atoms with Gasteiger partial charge < -0.3 is 0 Å². The van der Waals surface area contributed by atoms with Gasteiger partial charge in [0.25, 0.3) is 5.56 Å². The van der Waals surface area contributed by atoms with E-state index in [0.29, 0.717) is 32.0 Å². The van der Waals surface area contributed by atoms with Crippen LogP contribution in [0, 0.1) is 6.92 Å². The highest BCUT2D eigenvalue weighted by atomic mass is 32.1. The molecule has 0 aliphatic carbocycles. The molecule has 0 aliphatic heterocycles. The summed E-state index contributed by atoms with van der Waals surface area (Å²) in [6, 6.07) is 16.3. The Morgan fingerprint density at radius 3 is 2.52 bits per heavy atom. The average Bonchev–Trinajstić information content (AvgIpc) is 2.92. The summed E-state index contributed by atoms with van der Waals surface area (Å²) in [5.41, 5.74) is 1.77. The second-order valence-electron chi connectivity index (χ2n) is 5.26. The number of hydrogen-bond donors (Lipinski definition) is 0. The zero-order valence-corrected chi connectivity index (χ0v) is 13.1. The Kier molecular flexibility index (Phi) is 3.09. The second kappa shape index (κ2) is 5.14. The van der Waals surface area contributed by atoms with Crippen LogP contribution in [0.25, 0.3) is 15.9 Å². The van der Waals surface area contributed by atoms with Crippen molar-refractivity contribution in [3.05, 3.63) is 81.1 Å². The zero-order valence-electron chi connectivity index (χ0n) is 12.3. The van der Waals surface area contributed by atoms with Crippen molar-refractivity contribution in [3.8, 4) is 0 Å². The van der Waals surface area contributed by atoms with Gasteiger partial charge in [0.1, 0.15) is 0 Å². The van der Waals surface area contributed by atoms with Crippen molar-refractivity contribution in [1.82, 2.24) is 9.38 Å². The molecule has 2 heterocycles. The van der Waals surface area contributed by atoms with Crippen LogP contribution in [0.4, 0.5) is 0 Å². The molecular formula is C18H12N2O2S. The van der Waals surface area contributed by atoms with Crippen LogP contribution in [0.1, 0.15) is 20.9 Å². The molecule has 5 heteroatoms. The van der Waals surface area contributed by atoms with Gasteiger partial charge in [-0.3, -0.25) is 14.0 Å². The number of carbonyl (C=O) groups is 1. The van der Waals surface area contributed by atoms with Crippen molar-refractivity contribution in [3.63, 3.8) is 0 Å². The molecule has 0 saturated carbocycles. The summed E-state index contributed by atoms with van der Waals surface area (Å²) in [5, 5.41) is 0.560. The van der Waals surface area contributed by atoms with E-state index in [2.05, 4.69) is 4.98 Å². The monoisotopic (exact) mass is 320 g/mol. The molecule has 0 saturated heterocycles. The SMILES string of the molecule is Cc1c(C(=O)c2ccccc2)sc2nc3ccccc3c(=O)n12. The van der Waals surface area contributed by atoms with Crippen molar-refractivity contribution in [2.75, 3.05) is 0 Å². The van der Waals surface area contributed by atoms with Gasteiger partial charge in [-0.25, -0.2) is 4.98 Å². The van der Waals surface area contributed by atoms with E-state index in [4.69, 9.17) is 0 Å². The van der Waals surface area contributed by atoms with E-state index in [1.807, 2.05) is 36.4 Å². The number of ketones is 1. The average molecular weight is 320 g/mol. The Labute approximate surface area is 135 Å². The summed E-state index contributed by atoms with van der Waals surface area (Å²) in [6.07, 6.45) is 0. The number of thiazole rings is 1. The predicted octanol–water partition coefficient (Wildman–Crippen LogP) is 3.45. The second-order valence-corrected chi connectivity index (χ2v) is 6.24. The quantitative estimate of drug-likeness (QED) is 0.532. The Hall–Kier alpha value is -2.79.